The van der Waals surface area contributed by atoms with Gasteiger partial charge in [0.1, 0.15) is 5.82 Å². The molecule has 4 N–H and O–H groups in total. The van der Waals surface area contributed by atoms with E-state index in [0.29, 0.717) is 17.6 Å². The summed E-state index contributed by atoms with van der Waals surface area (Å²) >= 11 is 1.71. The lowest BCUT2D eigenvalue weighted by Crippen LogP contribution is -2.12. The molecular formula is C8H13N3S. The second kappa shape index (κ2) is 4.33. The zero-order chi connectivity index (χ0) is 8.97. The van der Waals surface area contributed by atoms with Crippen molar-refractivity contribution in [3.63, 3.8) is 0 Å². The minimum atomic E-state index is 0.426. The molecule has 0 bridgehead atoms. The first-order valence-corrected chi connectivity index (χ1v) is 4.68. The van der Waals surface area contributed by atoms with Gasteiger partial charge in [-0.3, -0.25) is 0 Å². The molecule has 4 heteroatoms. The molecule has 0 aromatic carbocycles. The van der Waals surface area contributed by atoms with Crippen LogP contribution in [0.15, 0.2) is 23.2 Å². The fourth-order valence-corrected chi connectivity index (χ4v) is 1.56. The van der Waals surface area contributed by atoms with Gasteiger partial charge in [0.05, 0.1) is 0 Å². The number of nitrogens with two attached hydrogens (primary N) is 2. The molecule has 1 atom stereocenters. The smallest absolute Gasteiger partial charge is 0.123 e. The average molecular weight is 183 g/mol. The van der Waals surface area contributed by atoms with Crippen molar-refractivity contribution in [2.24, 2.45) is 5.73 Å². The van der Waals surface area contributed by atoms with Crippen LogP contribution >= 0.6 is 11.8 Å². The number of hydrogen-bond donors (Lipinski definition) is 2. The van der Waals surface area contributed by atoms with E-state index in [1.54, 1.807) is 24.0 Å². The molecule has 0 saturated heterocycles. The Morgan fingerprint density at radius 3 is 2.83 bits per heavy atom. The van der Waals surface area contributed by atoms with Crippen LogP contribution in [0.5, 0.6) is 0 Å². The standard InChI is InChI=1S/C8H13N3S/c1-6(4-9)12-7-2-3-8(10)11-5-7/h2-3,5-6H,4,9H2,1H3,(H2,10,11). The summed E-state index contributed by atoms with van der Waals surface area (Å²) in [5.41, 5.74) is 10.9. The van der Waals surface area contributed by atoms with Gasteiger partial charge in [-0.2, -0.15) is 0 Å². The molecule has 3 nitrogen and oxygen atoms in total. The first kappa shape index (κ1) is 9.35. The summed E-state index contributed by atoms with van der Waals surface area (Å²) in [5, 5.41) is 0.426. The van der Waals surface area contributed by atoms with E-state index in [4.69, 9.17) is 11.5 Å². The predicted molar refractivity (Wildman–Crippen MR) is 53.0 cm³/mol. The zero-order valence-corrected chi connectivity index (χ0v) is 7.84. The Morgan fingerprint density at radius 1 is 1.58 bits per heavy atom. The van der Waals surface area contributed by atoms with Gasteiger partial charge in [0.2, 0.25) is 0 Å². The third-order valence-electron chi connectivity index (χ3n) is 1.43. The van der Waals surface area contributed by atoms with Crippen LogP contribution < -0.4 is 11.5 Å². The van der Waals surface area contributed by atoms with Crippen molar-refractivity contribution in [3.05, 3.63) is 18.3 Å². The van der Waals surface area contributed by atoms with Gasteiger partial charge in [-0.15, -0.1) is 11.8 Å². The van der Waals surface area contributed by atoms with E-state index in [9.17, 15) is 0 Å². The lowest BCUT2D eigenvalue weighted by molar-refractivity contribution is 0.950. The number of thioether (sulfide) groups is 1. The van der Waals surface area contributed by atoms with Gasteiger partial charge in [-0.25, -0.2) is 4.98 Å². The lowest BCUT2D eigenvalue weighted by atomic mass is 10.5. The normalized spacial score (nSPS) is 12.8. The van der Waals surface area contributed by atoms with Gasteiger partial charge in [-0.05, 0) is 12.1 Å². The molecule has 0 aliphatic carbocycles. The summed E-state index contributed by atoms with van der Waals surface area (Å²) in [5.74, 6) is 0.555. The summed E-state index contributed by atoms with van der Waals surface area (Å²) in [4.78, 5) is 5.10. The summed E-state index contributed by atoms with van der Waals surface area (Å²) in [6.07, 6.45) is 1.77. The third kappa shape index (κ3) is 2.71. The largest absolute Gasteiger partial charge is 0.384 e. The summed E-state index contributed by atoms with van der Waals surface area (Å²) in [6, 6.07) is 3.75. The van der Waals surface area contributed by atoms with Gasteiger partial charge in [0.25, 0.3) is 0 Å². The molecule has 0 aliphatic heterocycles. The van der Waals surface area contributed by atoms with E-state index in [0.717, 1.165) is 4.90 Å². The van der Waals surface area contributed by atoms with Crippen molar-refractivity contribution in [1.82, 2.24) is 4.98 Å². The number of aromatic nitrogens is 1. The van der Waals surface area contributed by atoms with Crippen molar-refractivity contribution < 1.29 is 0 Å². The minimum Gasteiger partial charge on any atom is -0.384 e. The van der Waals surface area contributed by atoms with Gasteiger partial charge in [0, 0.05) is 22.9 Å². The van der Waals surface area contributed by atoms with Crippen LogP contribution in [-0.4, -0.2) is 16.8 Å². The zero-order valence-electron chi connectivity index (χ0n) is 7.03. The van der Waals surface area contributed by atoms with Gasteiger partial charge >= 0.3 is 0 Å². The van der Waals surface area contributed by atoms with Crippen molar-refractivity contribution in [2.75, 3.05) is 12.3 Å². The van der Waals surface area contributed by atoms with E-state index < -0.39 is 0 Å². The van der Waals surface area contributed by atoms with Crippen molar-refractivity contribution >= 4 is 17.6 Å². The molecule has 66 valence electrons. The molecule has 1 heterocycles. The van der Waals surface area contributed by atoms with Crippen LogP contribution in [0.4, 0.5) is 5.82 Å². The Balaban J connectivity index is 2.58. The molecule has 0 saturated carbocycles. The molecule has 1 aromatic heterocycles. The molecule has 1 unspecified atom stereocenters. The Kier molecular flexibility index (Phi) is 3.37. The molecule has 0 spiro atoms. The fraction of sp³-hybridized carbons (Fsp3) is 0.375. The maximum Gasteiger partial charge on any atom is 0.123 e. The number of rotatable bonds is 3. The van der Waals surface area contributed by atoms with Crippen LogP contribution in [-0.2, 0) is 0 Å². The maximum atomic E-state index is 5.48. The highest BCUT2D eigenvalue weighted by Gasteiger charge is 2.01. The Labute approximate surface area is 76.5 Å². The molecule has 1 aromatic rings. The van der Waals surface area contributed by atoms with Crippen LogP contribution in [0.25, 0.3) is 0 Å². The summed E-state index contributed by atoms with van der Waals surface area (Å²) in [6.45, 7) is 2.76. The first-order chi connectivity index (χ1) is 5.72. The van der Waals surface area contributed by atoms with Crippen LogP contribution in [0.3, 0.4) is 0 Å². The number of nitrogens with zero attached hydrogens (tertiary/aromatic N) is 1. The monoisotopic (exact) mass is 183 g/mol. The Morgan fingerprint density at radius 2 is 2.33 bits per heavy atom. The third-order valence-corrected chi connectivity index (χ3v) is 2.54. The van der Waals surface area contributed by atoms with Crippen molar-refractivity contribution in [2.45, 2.75) is 17.1 Å². The molecule has 0 fully saturated rings. The predicted octanol–water partition coefficient (Wildman–Crippen LogP) is 1.10. The van der Waals surface area contributed by atoms with E-state index in [1.165, 1.54) is 0 Å². The highest BCUT2D eigenvalue weighted by Crippen LogP contribution is 2.21. The Bertz CT molecular complexity index is 235. The lowest BCUT2D eigenvalue weighted by Gasteiger charge is -2.06. The summed E-state index contributed by atoms with van der Waals surface area (Å²) < 4.78 is 0. The molecule has 0 amide bonds. The highest BCUT2D eigenvalue weighted by atomic mass is 32.2. The maximum absolute atomic E-state index is 5.48. The second-order valence-electron chi connectivity index (χ2n) is 2.58. The molecule has 12 heavy (non-hydrogen) atoms. The SMILES string of the molecule is CC(CN)Sc1ccc(N)nc1. The average Bonchev–Trinajstić information content (AvgIpc) is 2.09. The molecular weight excluding hydrogens is 170 g/mol. The van der Waals surface area contributed by atoms with E-state index in [2.05, 4.69) is 11.9 Å². The van der Waals surface area contributed by atoms with E-state index in [1.807, 2.05) is 6.07 Å². The van der Waals surface area contributed by atoms with Gasteiger partial charge < -0.3 is 11.5 Å². The minimum absolute atomic E-state index is 0.426. The first-order valence-electron chi connectivity index (χ1n) is 3.80. The van der Waals surface area contributed by atoms with Crippen LogP contribution in [0, 0.1) is 0 Å². The number of nitrogen functional groups attached to an aromatic ring is 1. The fourth-order valence-electron chi connectivity index (χ4n) is 0.742. The summed E-state index contributed by atoms with van der Waals surface area (Å²) in [7, 11) is 0. The van der Waals surface area contributed by atoms with Gasteiger partial charge in [-0.1, -0.05) is 6.92 Å². The van der Waals surface area contributed by atoms with Crippen LogP contribution in [0.2, 0.25) is 0 Å². The van der Waals surface area contributed by atoms with Gasteiger partial charge in [0.15, 0.2) is 0 Å². The Hall–Kier alpha value is -0.740. The quantitative estimate of drug-likeness (QED) is 0.689. The number of hydrogen-bond acceptors (Lipinski definition) is 4. The van der Waals surface area contributed by atoms with E-state index >= 15 is 0 Å². The van der Waals surface area contributed by atoms with Crippen molar-refractivity contribution in [1.29, 1.82) is 0 Å². The van der Waals surface area contributed by atoms with Crippen molar-refractivity contribution in [3.8, 4) is 0 Å². The molecule has 0 aliphatic rings. The second-order valence-corrected chi connectivity index (χ2v) is 4.09. The molecule has 1 rings (SSSR count). The topological polar surface area (TPSA) is 64.9 Å². The molecule has 0 radical (unpaired) electrons. The number of pyridine rings is 1. The number of anilines is 1. The van der Waals surface area contributed by atoms with E-state index in [-0.39, 0.29) is 0 Å². The highest BCUT2D eigenvalue weighted by molar-refractivity contribution is 8.00. The van der Waals surface area contributed by atoms with Crippen LogP contribution in [0.1, 0.15) is 6.92 Å².